The summed E-state index contributed by atoms with van der Waals surface area (Å²) in [5.41, 5.74) is 1.40. The van der Waals surface area contributed by atoms with Gasteiger partial charge in [0, 0.05) is 36.0 Å². The fourth-order valence-electron chi connectivity index (χ4n) is 3.08. The fraction of sp³-hybridized carbons (Fsp3) is 0.812. The summed E-state index contributed by atoms with van der Waals surface area (Å²) in [5, 5.41) is 4.85. The Hall–Kier alpha value is -0.610. The monoisotopic (exact) mass is 293 g/mol. The quantitative estimate of drug-likeness (QED) is 0.862. The Morgan fingerprint density at radius 2 is 2.15 bits per heavy atom. The molecule has 1 N–H and O–H groups in total. The van der Waals surface area contributed by atoms with Gasteiger partial charge < -0.3 is 10.2 Å². The van der Waals surface area contributed by atoms with Crippen LogP contribution in [0, 0.1) is 0 Å². The molecule has 1 aliphatic carbocycles. The van der Waals surface area contributed by atoms with Gasteiger partial charge in [-0.3, -0.25) is 0 Å². The molecule has 0 radical (unpaired) electrons. The first-order valence-electron chi connectivity index (χ1n) is 8.18. The van der Waals surface area contributed by atoms with E-state index in [1.54, 1.807) is 0 Å². The lowest BCUT2D eigenvalue weighted by Crippen LogP contribution is -2.28. The minimum Gasteiger partial charge on any atom is -0.345 e. The van der Waals surface area contributed by atoms with Crippen molar-refractivity contribution in [3.05, 3.63) is 10.6 Å². The third-order valence-electron chi connectivity index (χ3n) is 4.45. The molecule has 2 aliphatic rings. The van der Waals surface area contributed by atoms with Gasteiger partial charge in [-0.05, 0) is 32.1 Å². The molecule has 3 nitrogen and oxygen atoms in total. The number of thiazole rings is 1. The summed E-state index contributed by atoms with van der Waals surface area (Å²) in [6.07, 6.45) is 6.60. The molecule has 1 aliphatic heterocycles. The second-order valence-corrected chi connectivity index (χ2v) is 7.57. The van der Waals surface area contributed by atoms with Crippen LogP contribution in [-0.4, -0.2) is 23.6 Å². The van der Waals surface area contributed by atoms with Crippen LogP contribution in [-0.2, 0) is 6.54 Å². The van der Waals surface area contributed by atoms with Crippen LogP contribution in [0.3, 0.4) is 0 Å². The van der Waals surface area contributed by atoms with Crippen LogP contribution in [0.2, 0.25) is 0 Å². The minimum absolute atomic E-state index is 0.544. The fourth-order valence-corrected chi connectivity index (χ4v) is 4.28. The van der Waals surface area contributed by atoms with Gasteiger partial charge in [-0.1, -0.05) is 20.8 Å². The normalized spacial score (nSPS) is 23.0. The van der Waals surface area contributed by atoms with Gasteiger partial charge in [0.1, 0.15) is 0 Å². The Kier molecular flexibility index (Phi) is 4.32. The van der Waals surface area contributed by atoms with Crippen molar-refractivity contribution in [2.45, 2.75) is 77.4 Å². The molecule has 112 valence electrons. The lowest BCUT2D eigenvalue weighted by atomic mass is 10.2. The molecule has 1 saturated heterocycles. The second-order valence-electron chi connectivity index (χ2n) is 6.51. The van der Waals surface area contributed by atoms with Gasteiger partial charge in [-0.2, -0.15) is 0 Å². The molecule has 0 bridgehead atoms. The number of nitrogens with one attached hydrogen (secondary N) is 1. The molecule has 1 saturated carbocycles. The molecule has 4 heteroatoms. The number of rotatable bonds is 6. The van der Waals surface area contributed by atoms with Crippen LogP contribution in [0.5, 0.6) is 0 Å². The van der Waals surface area contributed by atoms with E-state index < -0.39 is 0 Å². The highest BCUT2D eigenvalue weighted by molar-refractivity contribution is 7.15. The maximum Gasteiger partial charge on any atom is 0.186 e. The Labute approximate surface area is 126 Å². The number of hydrogen-bond donors (Lipinski definition) is 1. The summed E-state index contributed by atoms with van der Waals surface area (Å²) < 4.78 is 0. The van der Waals surface area contributed by atoms with Crippen molar-refractivity contribution in [1.82, 2.24) is 10.3 Å². The van der Waals surface area contributed by atoms with Crippen LogP contribution in [0.4, 0.5) is 5.13 Å². The lowest BCUT2D eigenvalue weighted by molar-refractivity contribution is 0.590. The maximum atomic E-state index is 5.03. The molecule has 3 rings (SSSR count). The minimum atomic E-state index is 0.544. The highest BCUT2D eigenvalue weighted by Gasteiger charge is 2.32. The number of aromatic nitrogens is 1. The van der Waals surface area contributed by atoms with Crippen LogP contribution < -0.4 is 10.2 Å². The number of nitrogens with zero attached hydrogens (tertiary/aromatic N) is 2. The molecule has 0 spiro atoms. The summed E-state index contributed by atoms with van der Waals surface area (Å²) in [5.74, 6) is 0.756. The van der Waals surface area contributed by atoms with E-state index in [0.29, 0.717) is 6.04 Å². The van der Waals surface area contributed by atoms with Crippen molar-refractivity contribution in [3.8, 4) is 0 Å². The maximum absolute atomic E-state index is 5.03. The summed E-state index contributed by atoms with van der Waals surface area (Å²) >= 11 is 1.94. The van der Waals surface area contributed by atoms with Gasteiger partial charge in [-0.25, -0.2) is 4.98 Å². The van der Waals surface area contributed by atoms with Gasteiger partial charge in [0.15, 0.2) is 5.13 Å². The second kappa shape index (κ2) is 6.02. The number of hydrogen-bond acceptors (Lipinski definition) is 4. The molecule has 1 unspecified atom stereocenters. The average molecular weight is 293 g/mol. The SMILES string of the molecule is CCC1CCCN1c1nc(C2CC2)c(CNC(C)C)s1. The van der Waals surface area contributed by atoms with Crippen molar-refractivity contribution < 1.29 is 0 Å². The van der Waals surface area contributed by atoms with Crippen molar-refractivity contribution in [2.75, 3.05) is 11.4 Å². The van der Waals surface area contributed by atoms with Crippen LogP contribution in [0.1, 0.15) is 69.4 Å². The summed E-state index contributed by atoms with van der Waals surface area (Å²) in [6, 6.07) is 1.27. The third-order valence-corrected chi connectivity index (χ3v) is 5.55. The molecule has 1 aromatic heterocycles. The van der Waals surface area contributed by atoms with E-state index in [1.807, 2.05) is 11.3 Å². The summed E-state index contributed by atoms with van der Waals surface area (Å²) in [4.78, 5) is 9.08. The molecular formula is C16H27N3S. The first-order valence-corrected chi connectivity index (χ1v) is 9.00. The van der Waals surface area contributed by atoms with Crippen LogP contribution in [0.15, 0.2) is 0 Å². The molecular weight excluding hydrogens is 266 g/mol. The van der Waals surface area contributed by atoms with E-state index in [4.69, 9.17) is 4.98 Å². The van der Waals surface area contributed by atoms with Crippen LogP contribution >= 0.6 is 11.3 Å². The summed E-state index contributed by atoms with van der Waals surface area (Å²) in [6.45, 7) is 8.93. The first-order chi connectivity index (χ1) is 9.69. The van der Waals surface area contributed by atoms with E-state index >= 15 is 0 Å². The zero-order chi connectivity index (χ0) is 14.1. The van der Waals surface area contributed by atoms with Gasteiger partial charge in [-0.15, -0.1) is 11.3 Å². The van der Waals surface area contributed by atoms with Crippen molar-refractivity contribution in [1.29, 1.82) is 0 Å². The Morgan fingerprint density at radius 1 is 1.35 bits per heavy atom. The van der Waals surface area contributed by atoms with Crippen LogP contribution in [0.25, 0.3) is 0 Å². The molecule has 20 heavy (non-hydrogen) atoms. The number of anilines is 1. The molecule has 1 aromatic rings. The zero-order valence-corrected chi connectivity index (χ0v) is 13.8. The summed E-state index contributed by atoms with van der Waals surface area (Å²) in [7, 11) is 0. The molecule has 0 aromatic carbocycles. The van der Waals surface area contributed by atoms with Crippen molar-refractivity contribution in [3.63, 3.8) is 0 Å². The smallest absolute Gasteiger partial charge is 0.186 e. The largest absolute Gasteiger partial charge is 0.345 e. The third kappa shape index (κ3) is 3.01. The Balaban J connectivity index is 1.79. The first kappa shape index (κ1) is 14.3. The van der Waals surface area contributed by atoms with E-state index in [-0.39, 0.29) is 0 Å². The molecule has 2 heterocycles. The Morgan fingerprint density at radius 3 is 2.80 bits per heavy atom. The topological polar surface area (TPSA) is 28.2 Å². The highest BCUT2D eigenvalue weighted by atomic mass is 32.1. The van der Waals surface area contributed by atoms with Gasteiger partial charge in [0.05, 0.1) is 5.69 Å². The predicted octanol–water partition coefficient (Wildman–Crippen LogP) is 3.90. The van der Waals surface area contributed by atoms with E-state index in [0.717, 1.165) is 18.5 Å². The average Bonchev–Trinajstić information content (AvgIpc) is 3.02. The Bertz CT molecular complexity index is 451. The molecule has 2 fully saturated rings. The van der Waals surface area contributed by atoms with Crippen molar-refractivity contribution in [2.24, 2.45) is 0 Å². The molecule has 0 amide bonds. The highest BCUT2D eigenvalue weighted by Crippen LogP contribution is 2.45. The van der Waals surface area contributed by atoms with E-state index in [1.165, 1.54) is 54.4 Å². The van der Waals surface area contributed by atoms with Gasteiger partial charge in [0.25, 0.3) is 0 Å². The van der Waals surface area contributed by atoms with Crippen molar-refractivity contribution >= 4 is 16.5 Å². The zero-order valence-electron chi connectivity index (χ0n) is 13.0. The lowest BCUT2D eigenvalue weighted by Gasteiger charge is -2.22. The van der Waals surface area contributed by atoms with Gasteiger partial charge >= 0.3 is 0 Å². The van der Waals surface area contributed by atoms with E-state index in [9.17, 15) is 0 Å². The predicted molar refractivity (Wildman–Crippen MR) is 86.7 cm³/mol. The van der Waals surface area contributed by atoms with Gasteiger partial charge in [0.2, 0.25) is 0 Å². The van der Waals surface area contributed by atoms with E-state index in [2.05, 4.69) is 31.0 Å². The molecule has 1 atom stereocenters. The standard InChI is InChI=1S/C16H27N3S/c1-4-13-6-5-9-19(13)16-18-15(12-7-8-12)14(20-16)10-17-11(2)3/h11-13,17H,4-10H2,1-3H3.